The summed E-state index contributed by atoms with van der Waals surface area (Å²) < 4.78 is 5.79. The summed E-state index contributed by atoms with van der Waals surface area (Å²) in [5.41, 5.74) is 0. The van der Waals surface area contributed by atoms with E-state index in [0.29, 0.717) is 6.10 Å². The van der Waals surface area contributed by atoms with Gasteiger partial charge in [0.05, 0.1) is 6.10 Å². The first-order valence-electron chi connectivity index (χ1n) is 8.80. The van der Waals surface area contributed by atoms with Gasteiger partial charge in [-0.2, -0.15) is 11.8 Å². The highest BCUT2D eigenvalue weighted by Crippen LogP contribution is 2.36. The van der Waals surface area contributed by atoms with E-state index in [0.717, 1.165) is 23.8 Å². The summed E-state index contributed by atoms with van der Waals surface area (Å²) in [5.74, 6) is 2.19. The van der Waals surface area contributed by atoms with E-state index in [1.165, 1.54) is 63.7 Å². The second-order valence-corrected chi connectivity index (χ2v) is 7.81. The summed E-state index contributed by atoms with van der Waals surface area (Å²) in [4.78, 5) is 0. The van der Waals surface area contributed by atoms with Crippen LogP contribution in [0.3, 0.4) is 0 Å². The molecule has 2 fully saturated rings. The van der Waals surface area contributed by atoms with E-state index in [9.17, 15) is 0 Å². The molecule has 1 heterocycles. The number of rotatable bonds is 8. The maximum Gasteiger partial charge on any atom is 0.0666 e. The van der Waals surface area contributed by atoms with Crippen molar-refractivity contribution < 1.29 is 4.74 Å². The number of thioether (sulfide) groups is 1. The van der Waals surface area contributed by atoms with E-state index < -0.39 is 0 Å². The van der Waals surface area contributed by atoms with E-state index in [1.54, 1.807) is 0 Å². The summed E-state index contributed by atoms with van der Waals surface area (Å²) >= 11 is 2.20. The van der Waals surface area contributed by atoms with E-state index >= 15 is 0 Å². The van der Waals surface area contributed by atoms with Crippen molar-refractivity contribution in [3.8, 4) is 0 Å². The average molecular weight is 300 g/mol. The molecule has 4 atom stereocenters. The van der Waals surface area contributed by atoms with Gasteiger partial charge in [-0.3, -0.25) is 0 Å². The van der Waals surface area contributed by atoms with E-state index in [2.05, 4.69) is 30.9 Å². The van der Waals surface area contributed by atoms with Crippen LogP contribution in [0.15, 0.2) is 0 Å². The van der Waals surface area contributed by atoms with Crippen LogP contribution in [-0.2, 0) is 4.74 Å². The molecule has 0 radical (unpaired) electrons. The number of hydrogen-bond donors (Lipinski definition) is 1. The largest absolute Gasteiger partial charge is 0.377 e. The minimum absolute atomic E-state index is 0.540. The third kappa shape index (κ3) is 5.23. The third-order valence-corrected chi connectivity index (χ3v) is 6.29. The number of ether oxygens (including phenoxy) is 1. The van der Waals surface area contributed by atoms with Crippen molar-refractivity contribution in [3.63, 3.8) is 0 Å². The Labute approximate surface area is 129 Å². The topological polar surface area (TPSA) is 21.3 Å². The maximum atomic E-state index is 5.79. The van der Waals surface area contributed by atoms with Crippen LogP contribution < -0.4 is 5.32 Å². The molecular formula is C17H33NOS. The van der Waals surface area contributed by atoms with Crippen molar-refractivity contribution in [1.29, 1.82) is 0 Å². The molecule has 1 saturated heterocycles. The van der Waals surface area contributed by atoms with Gasteiger partial charge >= 0.3 is 0 Å². The molecule has 20 heavy (non-hydrogen) atoms. The summed E-state index contributed by atoms with van der Waals surface area (Å²) in [7, 11) is 0. The quantitative estimate of drug-likeness (QED) is 0.724. The zero-order valence-electron chi connectivity index (χ0n) is 13.4. The molecule has 0 spiro atoms. The van der Waals surface area contributed by atoms with Gasteiger partial charge in [-0.15, -0.1) is 0 Å². The molecule has 1 N–H and O–H groups in total. The maximum absolute atomic E-state index is 5.79. The SMILES string of the molecule is CCCNC1CCC(CCC)CC1SCC1CCCO1. The average Bonchev–Trinajstić information content (AvgIpc) is 2.97. The van der Waals surface area contributed by atoms with Crippen molar-refractivity contribution in [1.82, 2.24) is 5.32 Å². The molecular weight excluding hydrogens is 266 g/mol. The highest BCUT2D eigenvalue weighted by Gasteiger charge is 2.31. The van der Waals surface area contributed by atoms with E-state index in [-0.39, 0.29) is 0 Å². The molecule has 2 aliphatic rings. The van der Waals surface area contributed by atoms with E-state index in [4.69, 9.17) is 4.74 Å². The molecule has 118 valence electrons. The van der Waals surface area contributed by atoms with Crippen molar-refractivity contribution in [3.05, 3.63) is 0 Å². The van der Waals surface area contributed by atoms with Gasteiger partial charge in [0.2, 0.25) is 0 Å². The fraction of sp³-hybridized carbons (Fsp3) is 1.00. The summed E-state index contributed by atoms with van der Waals surface area (Å²) in [6.45, 7) is 6.77. The Balaban J connectivity index is 1.79. The molecule has 0 aromatic rings. The molecule has 1 saturated carbocycles. The summed E-state index contributed by atoms with van der Waals surface area (Å²) in [6.07, 6.45) is 11.4. The Kier molecular flexibility index (Phi) is 7.75. The standard InChI is InChI=1S/C17H33NOS/c1-3-6-14-8-9-16(18-10-4-2)17(12-14)20-13-15-7-5-11-19-15/h14-18H,3-13H2,1-2H3. The smallest absolute Gasteiger partial charge is 0.0666 e. The minimum atomic E-state index is 0.540. The van der Waals surface area contributed by atoms with E-state index in [1.807, 2.05) is 0 Å². The van der Waals surface area contributed by atoms with Gasteiger partial charge in [-0.25, -0.2) is 0 Å². The first-order valence-corrected chi connectivity index (χ1v) is 9.85. The second-order valence-electron chi connectivity index (χ2n) is 6.54. The van der Waals surface area contributed by atoms with Gasteiger partial charge in [0.15, 0.2) is 0 Å². The van der Waals surface area contributed by atoms with Crippen LogP contribution in [0.5, 0.6) is 0 Å². The van der Waals surface area contributed by atoms with Crippen LogP contribution >= 0.6 is 11.8 Å². The fourth-order valence-corrected chi connectivity index (χ4v) is 5.23. The van der Waals surface area contributed by atoms with Crippen molar-refractivity contribution in [2.75, 3.05) is 18.9 Å². The lowest BCUT2D eigenvalue weighted by Gasteiger charge is -2.37. The zero-order valence-corrected chi connectivity index (χ0v) is 14.2. The Morgan fingerprint density at radius 1 is 1.15 bits per heavy atom. The molecule has 0 amide bonds. The third-order valence-electron chi connectivity index (χ3n) is 4.77. The molecule has 3 heteroatoms. The van der Waals surface area contributed by atoms with Gasteiger partial charge in [0, 0.05) is 23.7 Å². The van der Waals surface area contributed by atoms with Gasteiger partial charge in [-0.05, 0) is 51.0 Å². The Morgan fingerprint density at radius 3 is 2.75 bits per heavy atom. The van der Waals surface area contributed by atoms with Crippen LogP contribution in [0, 0.1) is 5.92 Å². The normalized spacial score (nSPS) is 34.5. The predicted octanol–water partition coefficient (Wildman–Crippen LogP) is 4.24. The lowest BCUT2D eigenvalue weighted by molar-refractivity contribution is 0.128. The van der Waals surface area contributed by atoms with Crippen LogP contribution in [0.1, 0.15) is 65.2 Å². The highest BCUT2D eigenvalue weighted by atomic mass is 32.2. The van der Waals surface area contributed by atoms with Gasteiger partial charge in [-0.1, -0.05) is 26.7 Å². The molecule has 0 aromatic carbocycles. The molecule has 4 unspecified atom stereocenters. The first kappa shape index (κ1) is 16.6. The lowest BCUT2D eigenvalue weighted by Crippen LogP contribution is -2.43. The molecule has 2 rings (SSSR count). The van der Waals surface area contributed by atoms with Gasteiger partial charge in [0.1, 0.15) is 0 Å². The number of hydrogen-bond acceptors (Lipinski definition) is 3. The van der Waals surface area contributed by atoms with Gasteiger partial charge < -0.3 is 10.1 Å². The van der Waals surface area contributed by atoms with Crippen LogP contribution in [0.25, 0.3) is 0 Å². The molecule has 2 nitrogen and oxygen atoms in total. The van der Waals surface area contributed by atoms with Gasteiger partial charge in [0.25, 0.3) is 0 Å². The molecule has 1 aliphatic carbocycles. The lowest BCUT2D eigenvalue weighted by atomic mass is 9.83. The van der Waals surface area contributed by atoms with Crippen molar-refractivity contribution >= 4 is 11.8 Å². The van der Waals surface area contributed by atoms with Crippen molar-refractivity contribution in [2.24, 2.45) is 5.92 Å². The van der Waals surface area contributed by atoms with Crippen LogP contribution in [0.2, 0.25) is 0 Å². The molecule has 1 aliphatic heterocycles. The Hall–Kier alpha value is 0.270. The van der Waals surface area contributed by atoms with Crippen LogP contribution in [-0.4, -0.2) is 36.3 Å². The second kappa shape index (κ2) is 9.32. The Bertz CT molecular complexity index is 255. The predicted molar refractivity (Wildman–Crippen MR) is 89.6 cm³/mol. The molecule has 0 bridgehead atoms. The highest BCUT2D eigenvalue weighted by molar-refractivity contribution is 8.00. The summed E-state index contributed by atoms with van der Waals surface area (Å²) in [6, 6.07) is 0.745. The minimum Gasteiger partial charge on any atom is -0.377 e. The Morgan fingerprint density at radius 2 is 2.05 bits per heavy atom. The zero-order chi connectivity index (χ0) is 14.2. The monoisotopic (exact) mass is 299 g/mol. The van der Waals surface area contributed by atoms with Crippen LogP contribution in [0.4, 0.5) is 0 Å². The molecule has 0 aromatic heterocycles. The van der Waals surface area contributed by atoms with Crippen molar-refractivity contribution in [2.45, 2.75) is 82.6 Å². The summed E-state index contributed by atoms with van der Waals surface area (Å²) in [5, 5.41) is 4.61. The fourth-order valence-electron chi connectivity index (χ4n) is 3.64. The first-order chi connectivity index (χ1) is 9.83. The number of nitrogens with one attached hydrogen (secondary N) is 1.